The Morgan fingerprint density at radius 1 is 1.00 bits per heavy atom. The molecule has 5 heteroatoms. The Kier molecular flexibility index (Phi) is 7.16. The lowest BCUT2D eigenvalue weighted by Gasteiger charge is -2.30. The van der Waals surface area contributed by atoms with E-state index in [9.17, 15) is 9.59 Å². The van der Waals surface area contributed by atoms with Crippen LogP contribution in [-0.2, 0) is 22.6 Å². The number of nitrogens with one attached hydrogen (secondary N) is 1. The van der Waals surface area contributed by atoms with E-state index in [0.717, 1.165) is 11.1 Å². The second-order valence-electron chi connectivity index (χ2n) is 5.85. The second-order valence-corrected chi connectivity index (χ2v) is 5.85. The summed E-state index contributed by atoms with van der Waals surface area (Å²) in [7, 11) is 0. The van der Waals surface area contributed by atoms with Crippen LogP contribution < -0.4 is 5.32 Å². The maximum absolute atomic E-state index is 12.6. The van der Waals surface area contributed by atoms with Crippen LogP contribution in [0.1, 0.15) is 18.1 Å². The number of nitrogens with zero attached hydrogens (tertiary/aromatic N) is 1. The summed E-state index contributed by atoms with van der Waals surface area (Å²) in [6.07, 6.45) is 0.421. The Morgan fingerprint density at radius 2 is 1.56 bits per heavy atom. The molecule has 0 aliphatic heterocycles. The molecule has 0 bridgehead atoms. The van der Waals surface area contributed by atoms with Gasteiger partial charge in [-0.05, 0) is 11.1 Å². The molecule has 2 rings (SSSR count). The molecule has 0 radical (unpaired) electrons. The molecule has 1 atom stereocenters. The zero-order valence-electron chi connectivity index (χ0n) is 14.4. The smallest absolute Gasteiger partial charge is 0.243 e. The number of hydrogen-bond acceptors (Lipinski definition) is 3. The number of aliphatic hydroxyl groups is 1. The van der Waals surface area contributed by atoms with E-state index in [4.69, 9.17) is 5.11 Å². The normalized spacial score (nSPS) is 11.6. The molecule has 2 aromatic rings. The van der Waals surface area contributed by atoms with Crippen molar-refractivity contribution in [2.75, 3.05) is 13.2 Å². The zero-order chi connectivity index (χ0) is 18.1. The van der Waals surface area contributed by atoms with Crippen molar-refractivity contribution in [3.63, 3.8) is 0 Å². The predicted molar refractivity (Wildman–Crippen MR) is 96.7 cm³/mol. The first kappa shape index (κ1) is 18.7. The molecule has 0 fully saturated rings. The molecule has 0 saturated carbocycles. The Bertz CT molecular complexity index is 674. The van der Waals surface area contributed by atoms with E-state index < -0.39 is 6.04 Å². The third-order valence-electron chi connectivity index (χ3n) is 3.96. The number of carbonyl (C=O) groups excluding carboxylic acids is 2. The van der Waals surface area contributed by atoms with Crippen molar-refractivity contribution in [3.05, 3.63) is 71.8 Å². The van der Waals surface area contributed by atoms with Crippen LogP contribution in [0.15, 0.2) is 60.7 Å². The fraction of sp³-hybridized carbons (Fsp3) is 0.300. The first-order chi connectivity index (χ1) is 12.1. The maximum atomic E-state index is 12.6. The van der Waals surface area contributed by atoms with Crippen LogP contribution >= 0.6 is 0 Å². The van der Waals surface area contributed by atoms with Crippen LogP contribution in [0.25, 0.3) is 0 Å². The Balaban J connectivity index is 2.25. The molecule has 0 spiro atoms. The largest absolute Gasteiger partial charge is 0.395 e. The van der Waals surface area contributed by atoms with Gasteiger partial charge < -0.3 is 15.3 Å². The third-order valence-corrected chi connectivity index (χ3v) is 3.96. The van der Waals surface area contributed by atoms with E-state index in [1.165, 1.54) is 6.92 Å². The number of benzene rings is 2. The maximum Gasteiger partial charge on any atom is 0.243 e. The highest BCUT2D eigenvalue weighted by Gasteiger charge is 2.28. The first-order valence-corrected chi connectivity index (χ1v) is 8.35. The molecule has 0 unspecified atom stereocenters. The molecule has 5 nitrogen and oxygen atoms in total. The van der Waals surface area contributed by atoms with E-state index in [1.54, 1.807) is 4.90 Å². The van der Waals surface area contributed by atoms with E-state index >= 15 is 0 Å². The number of amides is 2. The van der Waals surface area contributed by atoms with Crippen LogP contribution in [-0.4, -0.2) is 41.0 Å². The van der Waals surface area contributed by atoms with Crippen molar-refractivity contribution < 1.29 is 14.7 Å². The summed E-state index contributed by atoms with van der Waals surface area (Å²) in [5.74, 6) is -0.423. The van der Waals surface area contributed by atoms with Crippen LogP contribution in [0.3, 0.4) is 0 Å². The van der Waals surface area contributed by atoms with Crippen molar-refractivity contribution in [2.24, 2.45) is 0 Å². The van der Waals surface area contributed by atoms with Gasteiger partial charge in [-0.2, -0.15) is 0 Å². The van der Waals surface area contributed by atoms with Gasteiger partial charge in [-0.15, -0.1) is 0 Å². The average molecular weight is 340 g/mol. The van der Waals surface area contributed by atoms with Gasteiger partial charge in [-0.3, -0.25) is 9.59 Å². The van der Waals surface area contributed by atoms with Gasteiger partial charge in [0.1, 0.15) is 6.04 Å². The minimum absolute atomic E-state index is 0.136. The van der Waals surface area contributed by atoms with Crippen LogP contribution in [0, 0.1) is 0 Å². The van der Waals surface area contributed by atoms with Crippen molar-refractivity contribution >= 4 is 11.8 Å². The van der Waals surface area contributed by atoms with Gasteiger partial charge in [0.2, 0.25) is 11.8 Å². The first-order valence-electron chi connectivity index (χ1n) is 8.35. The minimum atomic E-state index is -0.633. The third kappa shape index (κ3) is 5.72. The molecule has 2 amide bonds. The van der Waals surface area contributed by atoms with Gasteiger partial charge in [0, 0.05) is 26.4 Å². The van der Waals surface area contributed by atoms with Crippen LogP contribution in [0.5, 0.6) is 0 Å². The minimum Gasteiger partial charge on any atom is -0.395 e. The SMILES string of the molecule is CC(=O)N(Cc1ccccc1)[C@H](Cc1ccccc1)C(=O)NCCO. The summed E-state index contributed by atoms with van der Waals surface area (Å²) in [5, 5.41) is 11.7. The van der Waals surface area contributed by atoms with Gasteiger partial charge >= 0.3 is 0 Å². The number of aliphatic hydroxyl groups excluding tert-OH is 1. The highest BCUT2D eigenvalue weighted by atomic mass is 16.3. The molecule has 2 aromatic carbocycles. The number of carbonyl (C=O) groups is 2. The van der Waals surface area contributed by atoms with Crippen molar-refractivity contribution in [2.45, 2.75) is 25.9 Å². The fourth-order valence-corrected chi connectivity index (χ4v) is 2.70. The van der Waals surface area contributed by atoms with E-state index in [-0.39, 0.29) is 25.0 Å². The standard InChI is InChI=1S/C20H24N2O3/c1-16(24)22(15-18-10-6-3-7-11-18)19(20(25)21-12-13-23)14-17-8-4-2-5-9-17/h2-11,19,23H,12-15H2,1H3,(H,21,25)/t19-/m1/s1. The van der Waals surface area contributed by atoms with Crippen molar-refractivity contribution in [3.8, 4) is 0 Å². The van der Waals surface area contributed by atoms with Crippen molar-refractivity contribution in [1.29, 1.82) is 0 Å². The van der Waals surface area contributed by atoms with Gasteiger partial charge in [0.15, 0.2) is 0 Å². The Morgan fingerprint density at radius 3 is 2.08 bits per heavy atom. The summed E-state index contributed by atoms with van der Waals surface area (Å²) >= 11 is 0. The molecule has 0 aromatic heterocycles. The lowest BCUT2D eigenvalue weighted by Crippen LogP contribution is -2.50. The molecule has 0 aliphatic carbocycles. The molecule has 2 N–H and O–H groups in total. The summed E-state index contributed by atoms with van der Waals surface area (Å²) in [6, 6.07) is 18.6. The summed E-state index contributed by atoms with van der Waals surface area (Å²) in [5.41, 5.74) is 1.94. The topological polar surface area (TPSA) is 69.6 Å². The summed E-state index contributed by atoms with van der Waals surface area (Å²) in [4.78, 5) is 26.5. The molecule has 0 saturated heterocycles. The highest BCUT2D eigenvalue weighted by molar-refractivity contribution is 5.87. The Labute approximate surface area is 148 Å². The molecule has 0 aliphatic rings. The van der Waals surface area contributed by atoms with Crippen molar-refractivity contribution in [1.82, 2.24) is 10.2 Å². The highest BCUT2D eigenvalue weighted by Crippen LogP contribution is 2.14. The van der Waals surface area contributed by atoms with E-state index in [1.807, 2.05) is 60.7 Å². The van der Waals surface area contributed by atoms with Crippen LogP contribution in [0.2, 0.25) is 0 Å². The lowest BCUT2D eigenvalue weighted by molar-refractivity contribution is -0.139. The van der Waals surface area contributed by atoms with E-state index in [0.29, 0.717) is 13.0 Å². The lowest BCUT2D eigenvalue weighted by atomic mass is 10.0. The van der Waals surface area contributed by atoms with Gasteiger partial charge in [-0.25, -0.2) is 0 Å². The average Bonchev–Trinajstić information content (AvgIpc) is 2.64. The van der Waals surface area contributed by atoms with Gasteiger partial charge in [0.05, 0.1) is 6.61 Å². The molecule has 25 heavy (non-hydrogen) atoms. The number of rotatable bonds is 8. The Hall–Kier alpha value is -2.66. The quantitative estimate of drug-likeness (QED) is 0.769. The fourth-order valence-electron chi connectivity index (χ4n) is 2.70. The predicted octanol–water partition coefficient (Wildman–Crippen LogP) is 1.75. The summed E-state index contributed by atoms with van der Waals surface area (Å²) < 4.78 is 0. The molecule has 0 heterocycles. The van der Waals surface area contributed by atoms with E-state index in [2.05, 4.69) is 5.32 Å². The van der Waals surface area contributed by atoms with Gasteiger partial charge in [0.25, 0.3) is 0 Å². The molecular weight excluding hydrogens is 316 g/mol. The molecule has 132 valence electrons. The number of hydrogen-bond donors (Lipinski definition) is 2. The van der Waals surface area contributed by atoms with Gasteiger partial charge in [-0.1, -0.05) is 60.7 Å². The monoisotopic (exact) mass is 340 g/mol. The summed E-state index contributed by atoms with van der Waals surface area (Å²) in [6.45, 7) is 1.87. The van der Waals surface area contributed by atoms with Crippen LogP contribution in [0.4, 0.5) is 0 Å². The molecular formula is C20H24N2O3. The second kappa shape index (κ2) is 9.59. The zero-order valence-corrected chi connectivity index (χ0v) is 14.4.